The molecule has 1 fully saturated rings. The van der Waals surface area contributed by atoms with Gasteiger partial charge in [0.05, 0.1) is 11.3 Å². The molecule has 0 atom stereocenters. The summed E-state index contributed by atoms with van der Waals surface area (Å²) in [6.45, 7) is 1.85. The molecule has 0 unspecified atom stereocenters. The molecule has 0 aromatic carbocycles. The molecule has 0 spiro atoms. The van der Waals surface area contributed by atoms with Crippen molar-refractivity contribution in [2.24, 2.45) is 7.05 Å². The molecule has 1 amide bonds. The fraction of sp³-hybridized carbons (Fsp3) is 0.467. The number of carboxylic acids is 1. The predicted molar refractivity (Wildman–Crippen MR) is 87.6 cm³/mol. The Hall–Kier alpha value is -2.09. The maximum atomic E-state index is 12.5. The summed E-state index contributed by atoms with van der Waals surface area (Å²) in [7, 11) is 1.79. The minimum absolute atomic E-state index is 0.354. The Morgan fingerprint density at radius 2 is 2.09 bits per heavy atom. The highest BCUT2D eigenvalue weighted by molar-refractivity contribution is 7.99. The van der Waals surface area contributed by atoms with Crippen LogP contribution < -0.4 is 5.32 Å². The third-order valence-electron chi connectivity index (χ3n) is 4.23. The molecule has 2 aromatic heterocycles. The second kappa shape index (κ2) is 5.84. The van der Waals surface area contributed by atoms with E-state index in [1.807, 2.05) is 6.92 Å². The van der Waals surface area contributed by atoms with Crippen molar-refractivity contribution in [2.45, 2.75) is 25.3 Å². The van der Waals surface area contributed by atoms with Crippen LogP contribution in [0, 0.1) is 6.92 Å². The number of amides is 1. The number of nitrogens with zero attached hydrogens (tertiary/aromatic N) is 3. The first kappa shape index (κ1) is 15.8. The number of carboxylic acid groups (broad SMARTS) is 1. The second-order valence-electron chi connectivity index (χ2n) is 5.76. The maximum Gasteiger partial charge on any atom is 0.329 e. The van der Waals surface area contributed by atoms with Gasteiger partial charge in [-0.25, -0.2) is 9.78 Å². The van der Waals surface area contributed by atoms with Crippen molar-refractivity contribution in [1.82, 2.24) is 20.1 Å². The third kappa shape index (κ3) is 2.78. The molecule has 2 N–H and O–H groups in total. The number of hydrogen-bond acceptors (Lipinski definition) is 5. The lowest BCUT2D eigenvalue weighted by Gasteiger charge is -2.33. The van der Waals surface area contributed by atoms with Crippen LogP contribution in [0.1, 0.15) is 28.9 Å². The molecule has 2 aromatic rings. The van der Waals surface area contributed by atoms with Gasteiger partial charge >= 0.3 is 5.97 Å². The van der Waals surface area contributed by atoms with Gasteiger partial charge in [0, 0.05) is 18.6 Å². The van der Waals surface area contributed by atoms with Crippen molar-refractivity contribution >= 4 is 34.7 Å². The molecule has 3 rings (SSSR count). The van der Waals surface area contributed by atoms with E-state index in [9.17, 15) is 14.7 Å². The first-order valence-corrected chi connectivity index (χ1v) is 8.51. The van der Waals surface area contributed by atoms with Gasteiger partial charge in [-0.05, 0) is 37.3 Å². The molecule has 0 radical (unpaired) electrons. The van der Waals surface area contributed by atoms with E-state index in [4.69, 9.17) is 0 Å². The van der Waals surface area contributed by atoms with Gasteiger partial charge in [0.1, 0.15) is 5.54 Å². The van der Waals surface area contributed by atoms with Crippen molar-refractivity contribution < 1.29 is 14.7 Å². The first-order chi connectivity index (χ1) is 10.9. The fourth-order valence-corrected chi connectivity index (χ4v) is 4.02. The largest absolute Gasteiger partial charge is 0.480 e. The van der Waals surface area contributed by atoms with Gasteiger partial charge in [0.25, 0.3) is 5.91 Å². The quantitative estimate of drug-likeness (QED) is 0.879. The number of rotatable bonds is 3. The monoisotopic (exact) mass is 334 g/mol. The summed E-state index contributed by atoms with van der Waals surface area (Å²) in [5.74, 6) is 0.0756. The molecule has 0 bridgehead atoms. The normalized spacial score (nSPS) is 17.1. The lowest BCUT2D eigenvalue weighted by molar-refractivity contribution is -0.144. The molecule has 8 heteroatoms. The van der Waals surface area contributed by atoms with Crippen molar-refractivity contribution in [3.8, 4) is 0 Å². The summed E-state index contributed by atoms with van der Waals surface area (Å²) in [5, 5.41) is 17.3. The molecule has 1 saturated heterocycles. The zero-order valence-corrected chi connectivity index (χ0v) is 13.8. The van der Waals surface area contributed by atoms with E-state index in [-0.39, 0.29) is 0 Å². The summed E-state index contributed by atoms with van der Waals surface area (Å²) in [6.07, 6.45) is 2.33. The molecule has 0 aliphatic carbocycles. The predicted octanol–water partition coefficient (Wildman–Crippen LogP) is 1.36. The third-order valence-corrected chi connectivity index (χ3v) is 5.22. The SMILES string of the molecule is Cc1nn(C)c2ncc(C(=O)NC3(C(=O)O)CCSCC3)cc12. The summed E-state index contributed by atoms with van der Waals surface area (Å²) in [6, 6.07) is 1.72. The Labute approximate surface area is 137 Å². The van der Waals surface area contributed by atoms with Gasteiger partial charge in [0.2, 0.25) is 0 Å². The van der Waals surface area contributed by atoms with E-state index in [0.29, 0.717) is 24.1 Å². The average molecular weight is 334 g/mol. The van der Waals surface area contributed by atoms with Crippen LogP contribution >= 0.6 is 11.8 Å². The van der Waals surface area contributed by atoms with Crippen LogP contribution in [-0.4, -0.2) is 48.8 Å². The summed E-state index contributed by atoms with van der Waals surface area (Å²) in [4.78, 5) is 28.5. The Bertz CT molecular complexity index is 780. The molecule has 1 aliphatic heterocycles. The summed E-state index contributed by atoms with van der Waals surface area (Å²) in [5.41, 5.74) is 0.654. The van der Waals surface area contributed by atoms with E-state index in [1.54, 1.807) is 29.6 Å². The van der Waals surface area contributed by atoms with Crippen LogP contribution in [-0.2, 0) is 11.8 Å². The van der Waals surface area contributed by atoms with E-state index in [2.05, 4.69) is 15.4 Å². The van der Waals surface area contributed by atoms with Crippen LogP contribution in [0.3, 0.4) is 0 Å². The number of aryl methyl sites for hydroxylation is 2. The molecule has 23 heavy (non-hydrogen) atoms. The number of carbonyl (C=O) groups excluding carboxylic acids is 1. The van der Waals surface area contributed by atoms with E-state index in [0.717, 1.165) is 22.6 Å². The van der Waals surface area contributed by atoms with Gasteiger partial charge in [0.15, 0.2) is 5.65 Å². The zero-order valence-electron chi connectivity index (χ0n) is 13.0. The number of fused-ring (bicyclic) bond motifs is 1. The van der Waals surface area contributed by atoms with Gasteiger partial charge in [-0.2, -0.15) is 16.9 Å². The maximum absolute atomic E-state index is 12.5. The Balaban J connectivity index is 1.90. The van der Waals surface area contributed by atoms with Crippen molar-refractivity contribution in [1.29, 1.82) is 0 Å². The zero-order chi connectivity index (χ0) is 16.6. The molecule has 1 aliphatic rings. The highest BCUT2D eigenvalue weighted by Gasteiger charge is 2.41. The van der Waals surface area contributed by atoms with Gasteiger partial charge in [-0.15, -0.1) is 0 Å². The van der Waals surface area contributed by atoms with E-state index >= 15 is 0 Å². The number of aromatic nitrogens is 3. The number of thioether (sulfide) groups is 1. The number of aliphatic carboxylic acids is 1. The van der Waals surface area contributed by atoms with Gasteiger partial charge in [-0.3, -0.25) is 9.48 Å². The number of pyridine rings is 1. The molecular weight excluding hydrogens is 316 g/mol. The van der Waals surface area contributed by atoms with Crippen LogP contribution in [0.15, 0.2) is 12.3 Å². The van der Waals surface area contributed by atoms with E-state index < -0.39 is 17.4 Å². The van der Waals surface area contributed by atoms with Crippen molar-refractivity contribution in [3.05, 3.63) is 23.5 Å². The standard InChI is InChI=1S/C15H18N4O3S/c1-9-11-7-10(8-16-12(11)19(2)18-9)13(20)17-15(14(21)22)3-5-23-6-4-15/h7-8H,3-6H2,1-2H3,(H,17,20)(H,21,22). The van der Waals surface area contributed by atoms with Gasteiger partial charge in [-0.1, -0.05) is 0 Å². The number of hydrogen-bond donors (Lipinski definition) is 2. The topological polar surface area (TPSA) is 97.1 Å². The summed E-state index contributed by atoms with van der Waals surface area (Å²) >= 11 is 1.71. The van der Waals surface area contributed by atoms with Gasteiger partial charge < -0.3 is 10.4 Å². The molecule has 7 nitrogen and oxygen atoms in total. The fourth-order valence-electron chi connectivity index (χ4n) is 2.83. The first-order valence-electron chi connectivity index (χ1n) is 7.36. The number of carbonyl (C=O) groups is 2. The van der Waals surface area contributed by atoms with Crippen molar-refractivity contribution in [2.75, 3.05) is 11.5 Å². The molecular formula is C15H18N4O3S. The highest BCUT2D eigenvalue weighted by Crippen LogP contribution is 2.28. The second-order valence-corrected chi connectivity index (χ2v) is 6.98. The molecule has 122 valence electrons. The van der Waals surface area contributed by atoms with Crippen LogP contribution in [0.5, 0.6) is 0 Å². The average Bonchev–Trinajstić information content (AvgIpc) is 2.82. The smallest absolute Gasteiger partial charge is 0.329 e. The highest BCUT2D eigenvalue weighted by atomic mass is 32.2. The Morgan fingerprint density at radius 1 is 1.39 bits per heavy atom. The lowest BCUT2D eigenvalue weighted by Crippen LogP contribution is -2.56. The molecule has 3 heterocycles. The Kier molecular flexibility index (Phi) is 4.01. The Morgan fingerprint density at radius 3 is 2.74 bits per heavy atom. The van der Waals surface area contributed by atoms with Crippen LogP contribution in [0.4, 0.5) is 0 Å². The van der Waals surface area contributed by atoms with E-state index in [1.165, 1.54) is 6.20 Å². The minimum atomic E-state index is -1.18. The summed E-state index contributed by atoms with van der Waals surface area (Å²) < 4.78 is 1.66. The lowest BCUT2D eigenvalue weighted by atomic mass is 9.92. The van der Waals surface area contributed by atoms with Crippen LogP contribution in [0.25, 0.3) is 11.0 Å². The molecule has 0 saturated carbocycles. The van der Waals surface area contributed by atoms with Crippen molar-refractivity contribution in [3.63, 3.8) is 0 Å². The number of nitrogens with one attached hydrogen (secondary N) is 1. The minimum Gasteiger partial charge on any atom is -0.480 e. The van der Waals surface area contributed by atoms with Crippen LogP contribution in [0.2, 0.25) is 0 Å².